The molecular formula is C14H23N3Se. The maximum atomic E-state index is 4.22. The van der Waals surface area contributed by atoms with Gasteiger partial charge in [0.25, 0.3) is 0 Å². The van der Waals surface area contributed by atoms with Crippen molar-refractivity contribution in [3.8, 4) is 0 Å². The van der Waals surface area contributed by atoms with E-state index in [9.17, 15) is 0 Å². The number of aromatic nitrogens is 1. The fourth-order valence-corrected chi connectivity index (χ4v) is 4.56. The molecule has 4 heteroatoms. The molecule has 1 saturated heterocycles. The van der Waals surface area contributed by atoms with Crippen LogP contribution in [0.15, 0.2) is 24.5 Å². The summed E-state index contributed by atoms with van der Waals surface area (Å²) in [6.07, 6.45) is 7.84. The van der Waals surface area contributed by atoms with Gasteiger partial charge in [-0.2, -0.15) is 0 Å². The first-order valence-corrected chi connectivity index (χ1v) is 8.90. The fraction of sp³-hybridized carbons (Fsp3) is 0.643. The Bertz CT molecular complexity index is 331. The predicted molar refractivity (Wildman–Crippen MR) is 78.1 cm³/mol. The van der Waals surface area contributed by atoms with Crippen molar-refractivity contribution in [1.82, 2.24) is 8.90 Å². The SMILES string of the molecule is CCCC[Se]N1CCCN(c2cccnc2)CC1. The van der Waals surface area contributed by atoms with E-state index in [1.165, 1.54) is 49.9 Å². The third-order valence-corrected chi connectivity index (χ3v) is 5.76. The third-order valence-electron chi connectivity index (χ3n) is 3.24. The third kappa shape index (κ3) is 4.27. The first kappa shape index (κ1) is 13.9. The molecule has 1 aliphatic rings. The van der Waals surface area contributed by atoms with Crippen LogP contribution in [0.5, 0.6) is 0 Å². The molecule has 1 aliphatic heterocycles. The Hall–Kier alpha value is -0.571. The molecule has 18 heavy (non-hydrogen) atoms. The summed E-state index contributed by atoms with van der Waals surface area (Å²) in [6.45, 7) is 7.10. The van der Waals surface area contributed by atoms with E-state index in [4.69, 9.17) is 0 Å². The number of hydrogen-bond acceptors (Lipinski definition) is 3. The maximum absolute atomic E-state index is 4.22. The molecule has 2 heterocycles. The zero-order valence-electron chi connectivity index (χ0n) is 11.2. The summed E-state index contributed by atoms with van der Waals surface area (Å²) in [6, 6.07) is 4.20. The minimum atomic E-state index is 0.709. The molecule has 0 amide bonds. The molecular weight excluding hydrogens is 289 g/mol. The van der Waals surface area contributed by atoms with Gasteiger partial charge in [0, 0.05) is 0 Å². The molecule has 0 atom stereocenters. The normalized spacial score (nSPS) is 17.7. The van der Waals surface area contributed by atoms with Gasteiger partial charge in [-0.15, -0.1) is 0 Å². The minimum absolute atomic E-state index is 0.709. The molecule has 1 fully saturated rings. The summed E-state index contributed by atoms with van der Waals surface area (Å²) in [5.74, 6) is 0. The first-order chi connectivity index (χ1) is 8.90. The second-order valence-corrected chi connectivity index (χ2v) is 7.15. The number of hydrogen-bond donors (Lipinski definition) is 0. The Morgan fingerprint density at radius 1 is 1.28 bits per heavy atom. The van der Waals surface area contributed by atoms with Crippen molar-refractivity contribution in [3.05, 3.63) is 24.5 Å². The van der Waals surface area contributed by atoms with Crippen molar-refractivity contribution in [2.75, 3.05) is 31.1 Å². The molecule has 0 bridgehead atoms. The van der Waals surface area contributed by atoms with E-state index in [-0.39, 0.29) is 0 Å². The van der Waals surface area contributed by atoms with Crippen molar-refractivity contribution >= 4 is 20.9 Å². The fourth-order valence-electron chi connectivity index (χ4n) is 2.16. The van der Waals surface area contributed by atoms with Crippen molar-refractivity contribution in [3.63, 3.8) is 0 Å². The van der Waals surface area contributed by atoms with Gasteiger partial charge in [-0.3, -0.25) is 0 Å². The van der Waals surface area contributed by atoms with Gasteiger partial charge in [0.05, 0.1) is 0 Å². The van der Waals surface area contributed by atoms with Crippen LogP contribution in [-0.2, 0) is 0 Å². The van der Waals surface area contributed by atoms with Gasteiger partial charge in [0.15, 0.2) is 0 Å². The number of anilines is 1. The van der Waals surface area contributed by atoms with Gasteiger partial charge >= 0.3 is 117 Å². The van der Waals surface area contributed by atoms with Crippen molar-refractivity contribution in [1.29, 1.82) is 0 Å². The van der Waals surface area contributed by atoms with Crippen LogP contribution >= 0.6 is 0 Å². The second kappa shape index (κ2) is 7.77. The van der Waals surface area contributed by atoms with E-state index in [1.54, 1.807) is 0 Å². The number of unbranched alkanes of at least 4 members (excludes halogenated alkanes) is 1. The Balaban J connectivity index is 1.81. The zero-order chi connectivity index (χ0) is 12.6. The summed E-state index contributed by atoms with van der Waals surface area (Å²) in [5, 5.41) is 1.41. The monoisotopic (exact) mass is 313 g/mol. The molecule has 1 aromatic heterocycles. The van der Waals surface area contributed by atoms with Crippen LogP contribution in [0.25, 0.3) is 0 Å². The Labute approximate surface area is 117 Å². The van der Waals surface area contributed by atoms with Crippen LogP contribution in [-0.4, -0.2) is 50.3 Å². The van der Waals surface area contributed by atoms with Crippen LogP contribution < -0.4 is 4.90 Å². The van der Waals surface area contributed by atoms with Crippen molar-refractivity contribution in [2.45, 2.75) is 31.5 Å². The molecule has 1 aromatic rings. The van der Waals surface area contributed by atoms with Crippen molar-refractivity contribution in [2.24, 2.45) is 0 Å². The van der Waals surface area contributed by atoms with Gasteiger partial charge in [-0.1, -0.05) is 0 Å². The molecule has 0 radical (unpaired) electrons. The molecule has 0 unspecified atom stereocenters. The summed E-state index contributed by atoms with van der Waals surface area (Å²) in [5.41, 5.74) is 1.28. The Kier molecular flexibility index (Phi) is 5.98. The number of rotatable bonds is 5. The molecule has 0 spiro atoms. The van der Waals surface area contributed by atoms with Crippen LogP contribution in [0.2, 0.25) is 5.32 Å². The van der Waals surface area contributed by atoms with E-state index in [2.05, 4.69) is 26.8 Å². The first-order valence-electron chi connectivity index (χ1n) is 6.93. The zero-order valence-corrected chi connectivity index (χ0v) is 12.9. The Morgan fingerprint density at radius 3 is 3.00 bits per heavy atom. The van der Waals surface area contributed by atoms with Crippen molar-refractivity contribution < 1.29 is 0 Å². The van der Waals surface area contributed by atoms with E-state index in [0.29, 0.717) is 15.2 Å². The topological polar surface area (TPSA) is 19.4 Å². The molecule has 0 aromatic carbocycles. The average Bonchev–Trinajstić information content (AvgIpc) is 2.66. The van der Waals surface area contributed by atoms with Crippen LogP contribution in [0.4, 0.5) is 5.69 Å². The number of pyridine rings is 1. The Morgan fingerprint density at radius 2 is 2.22 bits per heavy atom. The van der Waals surface area contributed by atoms with E-state index >= 15 is 0 Å². The van der Waals surface area contributed by atoms with Crippen LogP contribution in [0, 0.1) is 0 Å². The quantitative estimate of drug-likeness (QED) is 0.615. The van der Waals surface area contributed by atoms with Gasteiger partial charge in [-0.05, 0) is 0 Å². The summed E-state index contributed by atoms with van der Waals surface area (Å²) in [7, 11) is 0. The van der Waals surface area contributed by atoms with E-state index in [0.717, 1.165) is 6.54 Å². The van der Waals surface area contributed by atoms with Crippen LogP contribution in [0.3, 0.4) is 0 Å². The van der Waals surface area contributed by atoms with Gasteiger partial charge in [0.1, 0.15) is 0 Å². The van der Waals surface area contributed by atoms with Gasteiger partial charge in [-0.25, -0.2) is 0 Å². The van der Waals surface area contributed by atoms with E-state index in [1.807, 2.05) is 18.5 Å². The average molecular weight is 312 g/mol. The van der Waals surface area contributed by atoms with Gasteiger partial charge in [0.2, 0.25) is 0 Å². The summed E-state index contributed by atoms with van der Waals surface area (Å²) >= 11 is 0.709. The predicted octanol–water partition coefficient (Wildman–Crippen LogP) is 2.43. The van der Waals surface area contributed by atoms with E-state index < -0.39 is 0 Å². The molecule has 0 N–H and O–H groups in total. The summed E-state index contributed by atoms with van der Waals surface area (Å²) in [4.78, 5) is 6.69. The molecule has 3 nitrogen and oxygen atoms in total. The summed E-state index contributed by atoms with van der Waals surface area (Å²) < 4.78 is 2.68. The molecule has 0 saturated carbocycles. The number of nitrogens with zero attached hydrogens (tertiary/aromatic N) is 3. The standard InChI is InChI=1S/C14H23N3Se/c1-2-3-12-18-17-9-5-8-16(10-11-17)14-6-4-7-15-13-14/h4,6-7,13H,2-3,5,8-12H2,1H3. The molecule has 100 valence electrons. The second-order valence-electron chi connectivity index (χ2n) is 4.67. The van der Waals surface area contributed by atoms with Crippen LogP contribution in [0.1, 0.15) is 26.2 Å². The molecule has 0 aliphatic carbocycles. The molecule has 2 rings (SSSR count). The van der Waals surface area contributed by atoms with Gasteiger partial charge < -0.3 is 0 Å².